The molecule has 0 aromatic carbocycles. The molecule has 0 aromatic rings. The fourth-order valence-electron chi connectivity index (χ4n) is 4.40. The number of rotatable bonds is 1. The average Bonchev–Trinajstić information content (AvgIpc) is 2.12. The van der Waals surface area contributed by atoms with Crippen LogP contribution in [-0.4, -0.2) is 21.8 Å². The van der Waals surface area contributed by atoms with Crippen molar-refractivity contribution in [3.05, 3.63) is 11.6 Å². The van der Waals surface area contributed by atoms with Crippen molar-refractivity contribution in [1.82, 2.24) is 0 Å². The first-order valence-corrected chi connectivity index (χ1v) is 6.77. The summed E-state index contributed by atoms with van der Waals surface area (Å²) in [6.07, 6.45) is 5.52. The molecule has 0 aromatic heterocycles. The average molecular weight is 252 g/mol. The molecule has 1 saturated carbocycles. The zero-order valence-electron chi connectivity index (χ0n) is 11.8. The second-order valence-corrected chi connectivity index (χ2v) is 7.11. The molecule has 0 aliphatic heterocycles. The Labute approximate surface area is 109 Å². The highest BCUT2D eigenvalue weighted by Crippen LogP contribution is 2.59. The van der Waals surface area contributed by atoms with Crippen LogP contribution in [0.15, 0.2) is 11.6 Å². The van der Waals surface area contributed by atoms with Gasteiger partial charge in [-0.15, -0.1) is 0 Å². The van der Waals surface area contributed by atoms with Gasteiger partial charge in [-0.05, 0) is 31.6 Å². The molecule has 2 N–H and O–H groups in total. The van der Waals surface area contributed by atoms with Crippen molar-refractivity contribution in [2.24, 2.45) is 16.7 Å². The lowest BCUT2D eigenvalue weighted by Gasteiger charge is -2.54. The van der Waals surface area contributed by atoms with Crippen molar-refractivity contribution in [2.45, 2.75) is 59.0 Å². The van der Waals surface area contributed by atoms with Gasteiger partial charge in [0.15, 0.2) is 0 Å². The Kier molecular flexibility index (Phi) is 2.89. The first-order valence-electron chi connectivity index (χ1n) is 6.77. The fraction of sp³-hybridized carbons (Fsp3) is 0.800. The van der Waals surface area contributed by atoms with Crippen LogP contribution >= 0.6 is 0 Å². The lowest BCUT2D eigenvalue weighted by atomic mass is 9.50. The number of aliphatic carboxylic acids is 1. The maximum atomic E-state index is 11.7. The Hall–Kier alpha value is -0.830. The summed E-state index contributed by atoms with van der Waals surface area (Å²) >= 11 is 0. The van der Waals surface area contributed by atoms with Crippen molar-refractivity contribution in [3.63, 3.8) is 0 Å². The largest absolute Gasteiger partial charge is 0.481 e. The third kappa shape index (κ3) is 1.80. The number of fused-ring (bicyclic) bond motifs is 1. The standard InChI is InChI=1S/C15H24O3/c1-13(2)7-5-8-14(3)10(13)6-9-15(4,18)11(14)12(16)17/h6,11,18H,5,7-9H2,1-4H3,(H,16,17)/t11-,14+,15-/m1/s1. The highest BCUT2D eigenvalue weighted by atomic mass is 16.4. The third-order valence-electron chi connectivity index (χ3n) is 5.07. The number of carboxylic acids is 1. The number of allylic oxidation sites excluding steroid dienone is 1. The molecule has 2 rings (SSSR count). The molecule has 3 heteroatoms. The molecule has 0 radical (unpaired) electrons. The molecule has 2 aliphatic carbocycles. The minimum absolute atomic E-state index is 0.0528. The Morgan fingerprint density at radius 1 is 1.28 bits per heavy atom. The van der Waals surface area contributed by atoms with E-state index in [1.54, 1.807) is 6.92 Å². The topological polar surface area (TPSA) is 57.5 Å². The quantitative estimate of drug-likeness (QED) is 0.705. The molecule has 3 nitrogen and oxygen atoms in total. The summed E-state index contributed by atoms with van der Waals surface area (Å²) in [7, 11) is 0. The lowest BCUT2D eigenvalue weighted by Crippen LogP contribution is -2.55. The van der Waals surface area contributed by atoms with E-state index in [0.717, 1.165) is 19.3 Å². The van der Waals surface area contributed by atoms with Crippen LogP contribution in [0.5, 0.6) is 0 Å². The van der Waals surface area contributed by atoms with Gasteiger partial charge in [0.05, 0.1) is 11.5 Å². The Morgan fingerprint density at radius 3 is 2.44 bits per heavy atom. The van der Waals surface area contributed by atoms with Gasteiger partial charge in [-0.3, -0.25) is 4.79 Å². The summed E-state index contributed by atoms with van der Waals surface area (Å²) < 4.78 is 0. The first-order chi connectivity index (χ1) is 8.11. The van der Waals surface area contributed by atoms with Crippen LogP contribution < -0.4 is 0 Å². The summed E-state index contributed by atoms with van der Waals surface area (Å²) in [6, 6.07) is 0. The molecular formula is C15H24O3. The van der Waals surface area contributed by atoms with Gasteiger partial charge in [-0.25, -0.2) is 0 Å². The monoisotopic (exact) mass is 252 g/mol. The zero-order valence-corrected chi connectivity index (χ0v) is 11.8. The number of hydrogen-bond acceptors (Lipinski definition) is 2. The van der Waals surface area contributed by atoms with Crippen LogP contribution in [-0.2, 0) is 4.79 Å². The van der Waals surface area contributed by atoms with E-state index in [2.05, 4.69) is 19.9 Å². The molecule has 0 bridgehead atoms. The van der Waals surface area contributed by atoms with E-state index >= 15 is 0 Å². The lowest BCUT2D eigenvalue weighted by molar-refractivity contribution is -0.162. The molecule has 0 amide bonds. The number of aliphatic hydroxyl groups is 1. The molecule has 0 spiro atoms. The molecule has 3 atom stereocenters. The van der Waals surface area contributed by atoms with Crippen LogP contribution in [0.3, 0.4) is 0 Å². The predicted octanol–water partition coefficient (Wildman–Crippen LogP) is 2.98. The van der Waals surface area contributed by atoms with Gasteiger partial charge in [0.1, 0.15) is 0 Å². The van der Waals surface area contributed by atoms with Crippen LogP contribution in [0.25, 0.3) is 0 Å². The Morgan fingerprint density at radius 2 is 1.89 bits per heavy atom. The maximum Gasteiger partial charge on any atom is 0.310 e. The van der Waals surface area contributed by atoms with Crippen molar-refractivity contribution in [3.8, 4) is 0 Å². The number of carboxylic acid groups (broad SMARTS) is 1. The van der Waals surface area contributed by atoms with Crippen LogP contribution in [0.1, 0.15) is 53.4 Å². The summed E-state index contributed by atoms with van der Waals surface area (Å²) in [5.41, 5.74) is -0.260. The van der Waals surface area contributed by atoms with Gasteiger partial charge in [0, 0.05) is 5.41 Å². The normalized spacial score (nSPS) is 42.9. The molecule has 0 heterocycles. The number of carbonyl (C=O) groups is 1. The smallest absolute Gasteiger partial charge is 0.310 e. The van der Waals surface area contributed by atoms with Gasteiger partial charge >= 0.3 is 5.97 Å². The first kappa shape index (κ1) is 13.6. The molecule has 18 heavy (non-hydrogen) atoms. The predicted molar refractivity (Wildman–Crippen MR) is 70.2 cm³/mol. The second-order valence-electron chi connectivity index (χ2n) is 7.11. The van der Waals surface area contributed by atoms with Crippen molar-refractivity contribution in [1.29, 1.82) is 0 Å². The Bertz CT molecular complexity index is 406. The van der Waals surface area contributed by atoms with Crippen molar-refractivity contribution in [2.75, 3.05) is 0 Å². The van der Waals surface area contributed by atoms with E-state index < -0.39 is 22.9 Å². The van der Waals surface area contributed by atoms with E-state index in [-0.39, 0.29) is 5.41 Å². The minimum atomic E-state index is -1.14. The second kappa shape index (κ2) is 3.83. The van der Waals surface area contributed by atoms with E-state index in [1.165, 1.54) is 5.57 Å². The minimum Gasteiger partial charge on any atom is -0.481 e. The van der Waals surface area contributed by atoms with E-state index in [9.17, 15) is 15.0 Å². The Balaban J connectivity index is 2.55. The highest BCUT2D eigenvalue weighted by molar-refractivity contribution is 5.74. The zero-order chi connectivity index (χ0) is 13.8. The number of hydrogen-bond donors (Lipinski definition) is 2. The molecular weight excluding hydrogens is 228 g/mol. The molecule has 2 aliphatic rings. The van der Waals surface area contributed by atoms with Gasteiger partial charge in [0.2, 0.25) is 0 Å². The SMILES string of the molecule is CC1(C)CCC[C@@]2(C)C1=CC[C@@](C)(O)[C@@H]2C(=O)O. The summed E-state index contributed by atoms with van der Waals surface area (Å²) in [5, 5.41) is 20.0. The molecule has 0 unspecified atom stereocenters. The van der Waals surface area contributed by atoms with Crippen LogP contribution in [0, 0.1) is 16.7 Å². The maximum absolute atomic E-state index is 11.7. The van der Waals surface area contributed by atoms with Crippen LogP contribution in [0.2, 0.25) is 0 Å². The van der Waals surface area contributed by atoms with Gasteiger partial charge < -0.3 is 10.2 Å². The molecule has 1 fully saturated rings. The van der Waals surface area contributed by atoms with Gasteiger partial charge in [-0.2, -0.15) is 0 Å². The summed E-state index contributed by atoms with van der Waals surface area (Å²) in [4.78, 5) is 11.7. The fourth-order valence-corrected chi connectivity index (χ4v) is 4.40. The van der Waals surface area contributed by atoms with Gasteiger partial charge in [-0.1, -0.05) is 38.8 Å². The van der Waals surface area contributed by atoms with Crippen molar-refractivity contribution >= 4 is 5.97 Å². The third-order valence-corrected chi connectivity index (χ3v) is 5.07. The van der Waals surface area contributed by atoms with E-state index in [1.807, 2.05) is 6.92 Å². The highest BCUT2D eigenvalue weighted by Gasteiger charge is 2.57. The molecule has 0 saturated heterocycles. The van der Waals surface area contributed by atoms with Gasteiger partial charge in [0.25, 0.3) is 0 Å². The van der Waals surface area contributed by atoms with E-state index in [0.29, 0.717) is 6.42 Å². The van der Waals surface area contributed by atoms with Crippen molar-refractivity contribution < 1.29 is 15.0 Å². The molecule has 102 valence electrons. The van der Waals surface area contributed by atoms with Crippen LogP contribution in [0.4, 0.5) is 0 Å². The summed E-state index contributed by atoms with van der Waals surface area (Å²) in [6.45, 7) is 8.06. The summed E-state index contributed by atoms with van der Waals surface area (Å²) in [5.74, 6) is -1.57. The van der Waals surface area contributed by atoms with E-state index in [4.69, 9.17) is 0 Å².